The molecule has 0 aromatic heterocycles. The van der Waals surface area contributed by atoms with Crippen molar-refractivity contribution < 1.29 is 33.7 Å². The zero-order valence-corrected chi connectivity index (χ0v) is 17.8. The maximum atomic E-state index is 10.1. The van der Waals surface area contributed by atoms with Gasteiger partial charge < -0.3 is 9.11 Å². The lowest BCUT2D eigenvalue weighted by Gasteiger charge is -2.03. The Balaban J connectivity index is 0.000000329. The molecule has 1 aliphatic rings. The van der Waals surface area contributed by atoms with Gasteiger partial charge in [0, 0.05) is 22.3 Å². The van der Waals surface area contributed by atoms with Crippen LogP contribution in [-0.4, -0.2) is 25.9 Å². The summed E-state index contributed by atoms with van der Waals surface area (Å²) in [6.07, 6.45) is 0. The van der Waals surface area contributed by atoms with E-state index in [0.29, 0.717) is 0 Å². The van der Waals surface area contributed by atoms with Crippen LogP contribution in [0.15, 0.2) is 48.5 Å². The normalized spacial score (nSPS) is 14.1. The molecule has 1 heterocycles. The van der Waals surface area contributed by atoms with Crippen molar-refractivity contribution in [2.45, 2.75) is 23.0 Å². The number of halogens is 2. The molecule has 2 aromatic rings. The lowest BCUT2D eigenvalue weighted by Crippen LogP contribution is -1.99. The number of hydrogen-bond donors (Lipinski definition) is 0. The molecule has 1 aliphatic heterocycles. The van der Waals surface area contributed by atoms with Crippen LogP contribution in [0, 0.1) is 0 Å². The summed E-state index contributed by atoms with van der Waals surface area (Å²) in [5.41, 5.74) is 5.95. The molecule has 0 amide bonds. The van der Waals surface area contributed by atoms with Gasteiger partial charge in [-0.05, 0) is 35.7 Å². The summed E-state index contributed by atoms with van der Waals surface area (Å²) >= 11 is 3.01. The van der Waals surface area contributed by atoms with E-state index in [4.69, 9.17) is 25.9 Å². The predicted octanol–water partition coefficient (Wildman–Crippen LogP) is 1.86. The Morgan fingerprint density at radius 3 is 1.07 bits per heavy atom. The van der Waals surface area contributed by atoms with Gasteiger partial charge in [0.15, 0.2) is 0 Å². The van der Waals surface area contributed by atoms with Crippen LogP contribution in [0.3, 0.4) is 0 Å². The number of benzene rings is 2. The van der Waals surface area contributed by atoms with Crippen molar-refractivity contribution in [2.24, 2.45) is 0 Å². The Labute approximate surface area is 171 Å². The first-order valence-electron chi connectivity index (χ1n) is 7.63. The van der Waals surface area contributed by atoms with Gasteiger partial charge in [-0.2, -0.15) is 0 Å². The lowest BCUT2D eigenvalue weighted by molar-refractivity contribution is 0.414. The Morgan fingerprint density at radius 2 is 0.857 bits per heavy atom. The summed E-state index contributed by atoms with van der Waals surface area (Å²) in [7, 11) is -10.8. The quantitative estimate of drug-likeness (QED) is 0.250. The van der Waals surface area contributed by atoms with E-state index in [9.17, 15) is 7.77 Å². The Kier molecular flexibility index (Phi) is 10.4. The number of thiol groups is 2. The first-order chi connectivity index (χ1) is 12.9. The molecule has 156 valence electrons. The molecule has 12 heteroatoms. The summed E-state index contributed by atoms with van der Waals surface area (Å²) in [4.78, 5) is 0. The minimum Gasteiger partial charge on any atom is -0.722 e. The largest absolute Gasteiger partial charge is 0.722 e. The van der Waals surface area contributed by atoms with E-state index in [1.54, 1.807) is 0 Å². The van der Waals surface area contributed by atoms with Gasteiger partial charge in [-0.1, -0.05) is 36.4 Å². The molecule has 0 saturated heterocycles. The molecular weight excluding hydrogens is 454 g/mol. The van der Waals surface area contributed by atoms with Crippen LogP contribution in [0.1, 0.15) is 22.3 Å². The molecule has 28 heavy (non-hydrogen) atoms. The van der Waals surface area contributed by atoms with E-state index >= 15 is 0 Å². The third-order valence-electron chi connectivity index (χ3n) is 3.16. The van der Waals surface area contributed by atoms with Crippen molar-refractivity contribution in [3.8, 4) is 0 Å². The maximum Gasteiger partial charge on any atom is 0.255 e. The van der Waals surface area contributed by atoms with E-state index in [0.717, 1.165) is 0 Å². The van der Waals surface area contributed by atoms with Gasteiger partial charge >= 0.3 is 0 Å². The monoisotopic (exact) mass is 472 g/mol. The van der Waals surface area contributed by atoms with Crippen LogP contribution in [0.4, 0.5) is 7.77 Å². The van der Waals surface area contributed by atoms with E-state index in [1.165, 1.54) is 68.8 Å². The van der Waals surface area contributed by atoms with Gasteiger partial charge in [0.1, 0.15) is 23.0 Å². The Bertz CT molecular complexity index is 831. The number of hydrogen-bond acceptors (Lipinski definition) is 6. The second-order valence-corrected chi connectivity index (χ2v) is 9.24. The van der Waals surface area contributed by atoms with Crippen LogP contribution >= 0.6 is 0 Å². The highest BCUT2D eigenvalue weighted by Crippen LogP contribution is 2.14. The number of rotatable bonds is 0. The molecule has 0 unspecified atom stereocenters. The van der Waals surface area contributed by atoms with Gasteiger partial charge in [-0.25, -0.2) is 16.8 Å². The van der Waals surface area contributed by atoms with Crippen LogP contribution in [-0.2, 0) is 67.5 Å². The van der Waals surface area contributed by atoms with Gasteiger partial charge in [-0.15, -0.1) is 7.77 Å². The Hall–Kier alpha value is -1.18. The first kappa shape index (κ1) is 24.9. The molecule has 0 spiro atoms. The van der Waals surface area contributed by atoms with Gasteiger partial charge in [0.05, 0.1) is 0 Å². The summed E-state index contributed by atoms with van der Waals surface area (Å²) in [5.74, 6) is 4.70. The highest BCUT2D eigenvalue weighted by Gasteiger charge is 2.09. The smallest absolute Gasteiger partial charge is 0.255 e. The minimum absolute atomic E-state index is 1.18. The molecule has 0 radical (unpaired) electrons. The molecule has 4 bridgehead atoms. The fourth-order valence-corrected chi connectivity index (χ4v) is 4.32. The van der Waals surface area contributed by atoms with Crippen molar-refractivity contribution in [2.75, 3.05) is 0 Å². The third kappa shape index (κ3) is 14.8. The Morgan fingerprint density at radius 1 is 0.643 bits per heavy atom. The molecule has 0 aliphatic carbocycles. The topological polar surface area (TPSA) is 114 Å². The zero-order chi connectivity index (χ0) is 21.2. The average molecular weight is 473 g/mol. The van der Waals surface area contributed by atoms with Crippen molar-refractivity contribution >= 4 is 44.5 Å². The molecule has 0 fully saturated rings. The minimum atomic E-state index is -5.42. The first-order valence-corrected chi connectivity index (χ1v) is 12.8. The van der Waals surface area contributed by atoms with Crippen molar-refractivity contribution in [3.63, 3.8) is 0 Å². The predicted molar refractivity (Wildman–Crippen MR) is 107 cm³/mol. The summed E-state index contributed by atoms with van der Waals surface area (Å²) in [5, 5.41) is 0. The lowest BCUT2D eigenvalue weighted by atomic mass is 10.2. The second-order valence-electron chi connectivity index (χ2n) is 5.51. The summed E-state index contributed by atoms with van der Waals surface area (Å²) in [6, 6.07) is 18.2. The molecule has 0 N–H and O–H groups in total. The summed E-state index contributed by atoms with van der Waals surface area (Å²) in [6.45, 7) is 0. The van der Waals surface area contributed by atoms with Crippen LogP contribution in [0.2, 0.25) is 0 Å². The third-order valence-corrected chi connectivity index (χ3v) is 5.52. The second kappa shape index (κ2) is 11.7. The van der Waals surface area contributed by atoms with Crippen molar-refractivity contribution in [1.29, 1.82) is 0 Å². The maximum absolute atomic E-state index is 10.1. The molecular formula is C16H18F2O6S4. The van der Waals surface area contributed by atoms with Crippen LogP contribution in [0.25, 0.3) is 0 Å². The van der Waals surface area contributed by atoms with E-state index < -0.39 is 21.0 Å². The molecule has 3 rings (SSSR count). The highest BCUT2D eigenvalue weighted by molar-refractivity contribution is 7.80. The van der Waals surface area contributed by atoms with Crippen LogP contribution < -0.4 is 0 Å². The van der Waals surface area contributed by atoms with Crippen LogP contribution in [0.5, 0.6) is 0 Å². The van der Waals surface area contributed by atoms with E-state index in [-0.39, 0.29) is 0 Å². The molecule has 0 atom stereocenters. The standard InChI is InChI=1S/C16H16S2.2FHO3S/c1-3-13-7-14(4-1)10-18-12-16-6-2-5-15(8-16)11-17-9-13;2*1-5(2,3)4/h1-8H,9-12H2;2*(H,2,3,4). The van der Waals surface area contributed by atoms with E-state index in [2.05, 4.69) is 48.5 Å². The molecule has 0 saturated carbocycles. The van der Waals surface area contributed by atoms with Gasteiger partial charge in [-0.3, -0.25) is 0 Å². The fraction of sp³-hybridized carbons (Fsp3) is 0.250. The van der Waals surface area contributed by atoms with E-state index in [1.807, 2.05) is 0 Å². The van der Waals surface area contributed by atoms with Gasteiger partial charge in [0.2, 0.25) is 0 Å². The van der Waals surface area contributed by atoms with Crippen molar-refractivity contribution in [1.82, 2.24) is 0 Å². The van der Waals surface area contributed by atoms with Gasteiger partial charge in [0.25, 0.3) is 21.0 Å². The fourth-order valence-electron chi connectivity index (χ4n) is 2.28. The molecule has 2 aromatic carbocycles. The van der Waals surface area contributed by atoms with Crippen molar-refractivity contribution in [3.05, 3.63) is 70.8 Å². The number of fused-ring (bicyclic) bond motifs is 4. The SMILES string of the molecule is O=S(=O)([O-])F.O=S(=O)([O-])F.c1cc2cc(c1)C[SH+]Cc1cccc(c1)C[SH+]C2. The zero-order valence-electron chi connectivity index (χ0n) is 14.4. The molecule has 6 nitrogen and oxygen atoms in total. The highest BCUT2D eigenvalue weighted by atomic mass is 32.3. The average Bonchev–Trinajstić information content (AvgIpc) is 2.52. The summed E-state index contributed by atoms with van der Waals surface area (Å²) < 4.78 is 70.7.